The molecule has 0 aromatic heterocycles. The number of hydrogen-bond donors (Lipinski definition) is 3. The van der Waals surface area contributed by atoms with E-state index < -0.39 is 7.82 Å². The van der Waals surface area contributed by atoms with Gasteiger partial charge in [-0.15, -0.1) is 0 Å². The summed E-state index contributed by atoms with van der Waals surface area (Å²) in [7, 11) is -4.64. The van der Waals surface area contributed by atoms with Gasteiger partial charge in [-0.05, 0) is 0 Å². The minimum absolute atomic E-state index is 0. The molecule has 0 spiro atoms. The van der Waals surface area contributed by atoms with E-state index >= 15 is 0 Å². The van der Waals surface area contributed by atoms with E-state index in [1.165, 1.54) is 0 Å². The van der Waals surface area contributed by atoms with Crippen LogP contribution in [0.2, 0.25) is 0 Å². The van der Waals surface area contributed by atoms with E-state index in [0.717, 1.165) is 0 Å². The molecule has 0 aliphatic carbocycles. The van der Waals surface area contributed by atoms with Crippen LogP contribution in [-0.2, 0) is 4.57 Å². The molecule has 0 fully saturated rings. The van der Waals surface area contributed by atoms with Gasteiger partial charge in [0.1, 0.15) is 0 Å². The van der Waals surface area contributed by atoms with Crippen LogP contribution in [0.15, 0.2) is 0 Å². The van der Waals surface area contributed by atoms with Crippen LogP contribution >= 0.6 is 7.82 Å². The quantitative estimate of drug-likeness (QED) is 0.306. The van der Waals surface area contributed by atoms with Gasteiger partial charge in [0.2, 0.25) is 0 Å². The number of hydrogen-bond acceptors (Lipinski definition) is 1. The topological polar surface area (TPSA) is 77.8 Å². The summed E-state index contributed by atoms with van der Waals surface area (Å²) in [6, 6.07) is 0. The Balaban J connectivity index is -0.00000000286. The van der Waals surface area contributed by atoms with Crippen molar-refractivity contribution in [2.24, 2.45) is 0 Å². The van der Waals surface area contributed by atoms with Crippen LogP contribution in [0, 0.1) is 0 Å². The van der Waals surface area contributed by atoms with Crippen molar-refractivity contribution < 1.29 is 55.9 Å². The summed E-state index contributed by atoms with van der Waals surface area (Å²) >= 11 is 0. The maximum Gasteiger partial charge on any atom is 2.00 e. The van der Waals surface area contributed by atoms with Crippen molar-refractivity contribution in [2.45, 2.75) is 0 Å². The Bertz CT molecular complexity index is 74.7. The monoisotopic (exact) mass is 352 g/mol. The third-order valence-corrected chi connectivity index (χ3v) is 0. The summed E-state index contributed by atoms with van der Waals surface area (Å²) in [5.74, 6) is 0. The molecule has 0 aliphatic rings. The van der Waals surface area contributed by atoms with Crippen LogP contribution in [0.5, 0.6) is 0 Å². The van der Waals surface area contributed by atoms with Crippen molar-refractivity contribution in [1.29, 1.82) is 0 Å². The first kappa shape index (κ1) is 22.7. The van der Waals surface area contributed by atoms with Crippen molar-refractivity contribution in [3.05, 3.63) is 0 Å². The van der Waals surface area contributed by atoms with Crippen LogP contribution in [-0.4, -0.2) is 109 Å². The van der Waals surface area contributed by atoms with E-state index in [2.05, 4.69) is 0 Å². The van der Waals surface area contributed by atoms with Crippen LogP contribution < -0.4 is 29.6 Å². The van der Waals surface area contributed by atoms with Gasteiger partial charge in [-0.2, -0.15) is 0 Å². The normalized spacial score (nSPS) is 7.38. The van der Waals surface area contributed by atoms with Gasteiger partial charge in [-0.1, -0.05) is 0 Å². The second kappa shape index (κ2) is 11.2. The molecule has 0 saturated carbocycles. The van der Waals surface area contributed by atoms with E-state index in [0.29, 0.717) is 0 Å². The number of rotatable bonds is 0. The van der Waals surface area contributed by atoms with Gasteiger partial charge >= 0.3 is 132 Å². The fraction of sp³-hybridized carbons (Fsp3) is 0. The summed E-state index contributed by atoms with van der Waals surface area (Å²) in [4.78, 5) is 21.6. The first-order chi connectivity index (χ1) is 2.00. The van der Waals surface area contributed by atoms with Gasteiger partial charge < -0.3 is 21.8 Å². The Morgan fingerprint density at radius 3 is 1.25 bits per heavy atom. The van der Waals surface area contributed by atoms with Gasteiger partial charge in [0.25, 0.3) is 0 Å². The Morgan fingerprint density at radius 1 is 1.25 bits per heavy atom. The minimum Gasteiger partial charge on any atom is -1.00 e. The van der Waals surface area contributed by atoms with Gasteiger partial charge in [0.05, 0.1) is 0 Å². The predicted octanol–water partition coefficient (Wildman–Crippen LogP) is -4.12. The van der Waals surface area contributed by atoms with Gasteiger partial charge in [-0.3, -0.25) is 0 Å². The predicted molar refractivity (Wildman–Crippen MR) is 31.3 cm³/mol. The average molecular weight is 351 g/mol. The van der Waals surface area contributed by atoms with Crippen molar-refractivity contribution in [3.63, 3.8) is 0 Å². The summed E-state index contributed by atoms with van der Waals surface area (Å²) < 4.78 is 8.88. The molecule has 0 aromatic carbocycles. The molecule has 0 rings (SSSR count). The Morgan fingerprint density at radius 2 is 1.25 bits per heavy atom. The third-order valence-electron chi connectivity index (χ3n) is 0. The zero-order valence-electron chi connectivity index (χ0n) is 9.61. The maximum atomic E-state index is 8.88. The van der Waals surface area contributed by atoms with E-state index in [1.807, 2.05) is 0 Å². The van der Waals surface area contributed by atoms with Gasteiger partial charge in [0.15, 0.2) is 0 Å². The molecular weight excluding hydrogens is 343 g/mol. The fourth-order valence-corrected chi connectivity index (χ4v) is 0. The van der Waals surface area contributed by atoms with Gasteiger partial charge in [0, 0.05) is 0 Å². The van der Waals surface area contributed by atoms with E-state index in [9.17, 15) is 0 Å². The minimum atomic E-state index is -4.64. The van der Waals surface area contributed by atoms with Crippen LogP contribution in [0.3, 0.4) is 0 Å². The summed E-state index contributed by atoms with van der Waals surface area (Å²) in [5.41, 5.74) is 0. The second-order valence-electron chi connectivity index (χ2n) is 0.513. The molecule has 0 saturated heterocycles. The van der Waals surface area contributed by atoms with E-state index in [-0.39, 0.29) is 131 Å². The van der Waals surface area contributed by atoms with Crippen molar-refractivity contribution >= 4 is 102 Å². The van der Waals surface area contributed by atoms with Crippen molar-refractivity contribution in [1.82, 2.24) is 0 Å². The largest absolute Gasteiger partial charge is 2.00 e. The molecule has 42 valence electrons. The van der Waals surface area contributed by atoms with Crippen LogP contribution in [0.4, 0.5) is 0 Å². The first-order valence-corrected chi connectivity index (χ1v) is 2.35. The molecule has 0 bridgehead atoms. The third kappa shape index (κ3) is 49.2. The zero-order valence-corrected chi connectivity index (χ0v) is 15.4. The van der Waals surface area contributed by atoms with Crippen LogP contribution in [0.1, 0.15) is 7.13 Å². The average Bonchev–Trinajstić information content (AvgIpc) is 0.722. The van der Waals surface area contributed by atoms with Crippen LogP contribution in [0.25, 0.3) is 0 Å². The summed E-state index contributed by atoms with van der Waals surface area (Å²) in [5, 5.41) is 0. The molecule has 0 amide bonds. The first-order valence-electron chi connectivity index (χ1n) is 0.783. The smallest absolute Gasteiger partial charge is 1.00 e. The Hall–Kier alpha value is 4.16. The SMILES string of the molecule is O=P(O)(O)O.[Ba+2].[H-].[H-].[H-].[H-].[H-].[Na+].[Sr+2]. The molecule has 3 N–H and O–H groups in total. The molecule has 4 nitrogen and oxygen atoms in total. The molecule has 8 heteroatoms. The molecule has 0 radical (unpaired) electrons. The fourth-order valence-electron chi connectivity index (χ4n) is 0. The van der Waals surface area contributed by atoms with Crippen molar-refractivity contribution in [2.75, 3.05) is 0 Å². The molecule has 8 heavy (non-hydrogen) atoms. The molecular formula is H8BaNaO4PSr. The molecule has 0 atom stereocenters. The molecule has 0 heterocycles. The molecule has 0 aromatic rings. The molecule has 0 unspecified atom stereocenters. The van der Waals surface area contributed by atoms with Gasteiger partial charge in [-0.25, -0.2) is 4.57 Å². The standard InChI is InChI=1S/Ba.Na.H3O4P.Sr.5H/c;;1-5(2,3)4;;;;;;/h;;(H3,1,2,3,4);;;;;;/q+2;+1;;+2;5*-1. The van der Waals surface area contributed by atoms with E-state index in [1.54, 1.807) is 0 Å². The Labute approximate surface area is 154 Å². The summed E-state index contributed by atoms with van der Waals surface area (Å²) in [6.07, 6.45) is 0. The number of phosphoric acid groups is 1. The Kier molecular flexibility index (Phi) is 31.7. The second-order valence-corrected chi connectivity index (χ2v) is 1.54. The van der Waals surface area contributed by atoms with Crippen molar-refractivity contribution in [3.8, 4) is 0 Å². The zero-order chi connectivity index (χ0) is 4.50. The summed E-state index contributed by atoms with van der Waals surface area (Å²) in [6.45, 7) is 0. The maximum absolute atomic E-state index is 8.88. The molecule has 0 aliphatic heterocycles. The van der Waals surface area contributed by atoms with E-state index in [4.69, 9.17) is 19.2 Å².